The largest absolute Gasteiger partial charge is 0.508 e. The zero-order chi connectivity index (χ0) is 29.6. The van der Waals surface area contributed by atoms with E-state index in [1.807, 2.05) is 0 Å². The molecule has 1 aromatic rings. The number of likely N-dealkylation sites (N-methyl/N-ethyl adjacent to an activating group) is 1. The Kier molecular flexibility index (Phi) is 10.3. The van der Waals surface area contributed by atoms with Crippen LogP contribution in [0.15, 0.2) is 47.7 Å². The Hall–Kier alpha value is -3.08. The van der Waals surface area contributed by atoms with Gasteiger partial charge >= 0.3 is 6.09 Å². The van der Waals surface area contributed by atoms with Crippen LogP contribution in [-0.4, -0.2) is 84.9 Å². The SMILES string of the molecule is C=CCOC12Oc3ccc(O)cc3C3C(CCCCO)C(CCCCO)C=C(C(=NOC)CC1N(C)C(=O)OC)C32. The first-order chi connectivity index (χ1) is 19.9. The fraction of sp³-hybridized carbons (Fsp3) is 0.613. The molecular formula is C31H44N2O8. The average Bonchev–Trinajstić information content (AvgIpc) is 2.97. The van der Waals surface area contributed by atoms with E-state index < -0.39 is 23.8 Å². The number of allylic oxidation sites excluding steroid dienone is 1. The summed E-state index contributed by atoms with van der Waals surface area (Å²) in [4.78, 5) is 19.8. The number of aromatic hydroxyl groups is 1. The minimum Gasteiger partial charge on any atom is -0.508 e. The van der Waals surface area contributed by atoms with Crippen LogP contribution >= 0.6 is 0 Å². The fourth-order valence-corrected chi connectivity index (χ4v) is 7.12. The molecule has 0 spiro atoms. The number of phenolic OH excluding ortho intramolecular Hbond substituents is 1. The Labute approximate surface area is 242 Å². The van der Waals surface area contributed by atoms with Crippen LogP contribution < -0.4 is 4.74 Å². The number of hydrogen-bond donors (Lipinski definition) is 3. The van der Waals surface area contributed by atoms with Crippen molar-refractivity contribution in [1.82, 2.24) is 4.90 Å². The van der Waals surface area contributed by atoms with Crippen LogP contribution in [0.3, 0.4) is 0 Å². The molecule has 1 amide bonds. The predicted molar refractivity (Wildman–Crippen MR) is 154 cm³/mol. The van der Waals surface area contributed by atoms with Crippen LogP contribution in [-0.2, 0) is 14.3 Å². The van der Waals surface area contributed by atoms with Crippen LogP contribution in [0.2, 0.25) is 0 Å². The quantitative estimate of drug-likeness (QED) is 0.181. The number of fused-ring (bicyclic) bond motifs is 2. The molecule has 0 aromatic heterocycles. The maximum Gasteiger partial charge on any atom is 0.409 e. The Morgan fingerprint density at radius 3 is 2.59 bits per heavy atom. The Morgan fingerprint density at radius 1 is 1.20 bits per heavy atom. The molecule has 3 aliphatic rings. The van der Waals surface area contributed by atoms with Crippen molar-refractivity contribution in [3.8, 4) is 11.5 Å². The molecule has 10 nitrogen and oxygen atoms in total. The van der Waals surface area contributed by atoms with Crippen LogP contribution in [0.5, 0.6) is 11.5 Å². The normalized spacial score (nSPS) is 29.0. The van der Waals surface area contributed by atoms with Gasteiger partial charge in [-0.1, -0.05) is 30.1 Å². The topological polar surface area (TPSA) is 130 Å². The third kappa shape index (κ3) is 5.96. The van der Waals surface area contributed by atoms with E-state index in [4.69, 9.17) is 19.0 Å². The van der Waals surface area contributed by atoms with Crippen LogP contribution in [0, 0.1) is 17.8 Å². The van der Waals surface area contributed by atoms with Crippen LogP contribution in [0.4, 0.5) is 4.79 Å². The highest BCUT2D eigenvalue weighted by Gasteiger charge is 2.65. The maximum absolute atomic E-state index is 12.9. The number of benzene rings is 1. The van der Waals surface area contributed by atoms with Crippen molar-refractivity contribution in [3.05, 3.63) is 48.1 Å². The second kappa shape index (κ2) is 13.7. The number of oxime groups is 1. The number of ether oxygens (including phenoxy) is 3. The molecule has 1 heterocycles. The molecule has 3 N–H and O–H groups in total. The number of hydrogen-bond acceptors (Lipinski definition) is 9. The molecule has 0 radical (unpaired) electrons. The number of carbonyl (C=O) groups is 1. The number of aliphatic hydroxyl groups is 2. The van der Waals surface area contributed by atoms with Crippen molar-refractivity contribution in [2.75, 3.05) is 41.1 Å². The highest BCUT2D eigenvalue weighted by atomic mass is 16.7. The van der Waals surface area contributed by atoms with Crippen molar-refractivity contribution in [2.24, 2.45) is 22.9 Å². The standard InChI is InChI=1S/C31H44N2O8/c1-5-16-40-31-27(33(2)30(37)38-3)19-25(32-39-4)23-17-20(10-6-8-14-34)22(11-7-9-15-35)28(29(23)31)24-18-21(36)12-13-26(24)41-31/h5,12-13,17-18,20,22,27-29,34-36H,1,6-11,14-16,19H2,2-4H3. The summed E-state index contributed by atoms with van der Waals surface area (Å²) in [7, 11) is 4.51. The van der Waals surface area contributed by atoms with Gasteiger partial charge in [0.25, 0.3) is 0 Å². The number of amides is 1. The molecule has 41 heavy (non-hydrogen) atoms. The van der Waals surface area contributed by atoms with E-state index in [0.717, 1.165) is 36.8 Å². The lowest BCUT2D eigenvalue weighted by Gasteiger charge is -2.59. The van der Waals surface area contributed by atoms with E-state index in [1.165, 1.54) is 19.1 Å². The molecule has 1 aromatic carbocycles. The monoisotopic (exact) mass is 572 g/mol. The number of carbonyl (C=O) groups excluding carboxylic acids is 1. The Bertz CT molecular complexity index is 1140. The number of phenols is 1. The summed E-state index contributed by atoms with van der Waals surface area (Å²) < 4.78 is 18.6. The summed E-state index contributed by atoms with van der Waals surface area (Å²) in [5, 5.41) is 34.2. The molecule has 10 heteroatoms. The minimum atomic E-state index is -1.31. The number of rotatable bonds is 13. The van der Waals surface area contributed by atoms with Gasteiger partial charge in [0.05, 0.1) is 25.3 Å². The van der Waals surface area contributed by atoms with E-state index >= 15 is 0 Å². The molecule has 0 bridgehead atoms. The van der Waals surface area contributed by atoms with E-state index in [1.54, 1.807) is 31.3 Å². The minimum absolute atomic E-state index is 0.108. The lowest BCUT2D eigenvalue weighted by Crippen LogP contribution is -2.69. The molecule has 2 aliphatic carbocycles. The summed E-state index contributed by atoms with van der Waals surface area (Å²) in [6.07, 6.45) is 8.44. The lowest BCUT2D eigenvalue weighted by molar-refractivity contribution is -0.253. The van der Waals surface area contributed by atoms with E-state index in [0.29, 0.717) is 30.7 Å². The van der Waals surface area contributed by atoms with Crippen molar-refractivity contribution in [3.63, 3.8) is 0 Å². The lowest BCUT2D eigenvalue weighted by atomic mass is 9.55. The number of unbranched alkanes of at least 4 members (excludes halogenated alkanes) is 2. The Morgan fingerprint density at radius 2 is 1.93 bits per heavy atom. The summed E-state index contributed by atoms with van der Waals surface area (Å²) >= 11 is 0. The number of methoxy groups -OCH3 is 1. The molecule has 6 unspecified atom stereocenters. The van der Waals surface area contributed by atoms with E-state index in [-0.39, 0.29) is 43.3 Å². The van der Waals surface area contributed by atoms with Gasteiger partial charge in [-0.05, 0) is 61.3 Å². The molecule has 1 aliphatic heterocycles. The van der Waals surface area contributed by atoms with E-state index in [9.17, 15) is 20.1 Å². The molecule has 0 saturated heterocycles. The molecule has 1 saturated carbocycles. The van der Waals surface area contributed by atoms with Crippen molar-refractivity contribution < 1.29 is 39.2 Å². The predicted octanol–water partition coefficient (Wildman–Crippen LogP) is 4.35. The van der Waals surface area contributed by atoms with Gasteiger partial charge in [-0.3, -0.25) is 0 Å². The third-order valence-electron chi connectivity index (χ3n) is 8.79. The summed E-state index contributed by atoms with van der Waals surface area (Å²) in [6.45, 7) is 4.29. The van der Waals surface area contributed by atoms with Crippen LogP contribution in [0.1, 0.15) is 56.4 Å². The van der Waals surface area contributed by atoms with Gasteiger partial charge in [0.1, 0.15) is 24.7 Å². The number of aliphatic hydroxyl groups excluding tert-OH is 2. The van der Waals surface area contributed by atoms with Crippen molar-refractivity contribution >= 4 is 11.8 Å². The zero-order valence-electron chi connectivity index (χ0n) is 24.3. The van der Waals surface area contributed by atoms with Gasteiger partial charge in [-0.2, -0.15) is 0 Å². The van der Waals surface area contributed by atoms with Crippen molar-refractivity contribution in [1.29, 1.82) is 0 Å². The molecule has 4 rings (SSSR count). The first-order valence-electron chi connectivity index (χ1n) is 14.5. The second-order valence-corrected chi connectivity index (χ2v) is 11.1. The van der Waals surface area contributed by atoms with Gasteiger partial charge in [0, 0.05) is 38.2 Å². The van der Waals surface area contributed by atoms with Gasteiger partial charge in [0.2, 0.25) is 5.79 Å². The first kappa shape index (κ1) is 30.9. The smallest absolute Gasteiger partial charge is 0.409 e. The fourth-order valence-electron chi connectivity index (χ4n) is 7.12. The summed E-state index contributed by atoms with van der Waals surface area (Å²) in [5.74, 6) is -0.899. The molecule has 6 atom stereocenters. The average molecular weight is 573 g/mol. The molecular weight excluding hydrogens is 528 g/mol. The Balaban J connectivity index is 1.99. The van der Waals surface area contributed by atoms with Gasteiger partial charge in [-0.25, -0.2) is 4.79 Å². The second-order valence-electron chi connectivity index (χ2n) is 11.1. The molecule has 226 valence electrons. The highest BCUT2D eigenvalue weighted by Crippen LogP contribution is 2.61. The van der Waals surface area contributed by atoms with E-state index in [2.05, 4.69) is 17.8 Å². The zero-order valence-corrected chi connectivity index (χ0v) is 24.3. The van der Waals surface area contributed by atoms with Gasteiger partial charge in [-0.15, -0.1) is 6.58 Å². The highest BCUT2D eigenvalue weighted by molar-refractivity contribution is 6.02. The first-order valence-corrected chi connectivity index (χ1v) is 14.5. The maximum atomic E-state index is 12.9. The summed E-state index contributed by atoms with van der Waals surface area (Å²) in [6, 6.07) is 4.50. The summed E-state index contributed by atoms with van der Waals surface area (Å²) in [5.41, 5.74) is 2.52. The third-order valence-corrected chi connectivity index (χ3v) is 8.79. The van der Waals surface area contributed by atoms with Gasteiger partial charge in [0.15, 0.2) is 0 Å². The number of nitrogens with zero attached hydrogens (tertiary/aromatic N) is 2. The molecule has 1 fully saturated rings. The van der Waals surface area contributed by atoms with Gasteiger partial charge < -0.3 is 39.3 Å². The van der Waals surface area contributed by atoms with Crippen LogP contribution in [0.25, 0.3) is 0 Å². The van der Waals surface area contributed by atoms with Crippen molar-refractivity contribution in [2.45, 2.75) is 62.7 Å².